The number of carbonyl (C=O) groups is 6. The van der Waals surface area contributed by atoms with Crippen molar-refractivity contribution in [3.8, 4) is 0 Å². The molecule has 0 aliphatic carbocycles. The van der Waals surface area contributed by atoms with Crippen molar-refractivity contribution in [1.29, 1.82) is 0 Å². The number of nitrogens with one attached hydrogen (secondary N) is 5. The van der Waals surface area contributed by atoms with E-state index in [-0.39, 0.29) is 13.2 Å². The highest BCUT2D eigenvalue weighted by Crippen LogP contribution is 2.44. The Kier molecular flexibility index (Phi) is 12.4. The molecule has 21 heteroatoms. The molecule has 5 N–H and O–H groups in total. The van der Waals surface area contributed by atoms with Crippen LogP contribution in [0.4, 0.5) is 4.79 Å². The van der Waals surface area contributed by atoms with Gasteiger partial charge in [0.15, 0.2) is 24.2 Å². The van der Waals surface area contributed by atoms with E-state index < -0.39 is 144 Å². The van der Waals surface area contributed by atoms with Crippen molar-refractivity contribution in [2.45, 2.75) is 166 Å². The van der Waals surface area contributed by atoms with Crippen LogP contribution in [0, 0.1) is 11.8 Å². The van der Waals surface area contributed by atoms with Gasteiger partial charge in [0.2, 0.25) is 23.6 Å². The average molecular weight is 828 g/mol. The molecule has 0 saturated carbocycles. The molecule has 6 rings (SSSR count). The fourth-order valence-corrected chi connectivity index (χ4v) is 7.97. The smallest absolute Gasteiger partial charge is 0.408 e. The third kappa shape index (κ3) is 9.35. The molecular formula is C37H57N5O16. The molecule has 0 aromatic heterocycles. The summed E-state index contributed by atoms with van der Waals surface area (Å²) in [7, 11) is 1.19. The van der Waals surface area contributed by atoms with E-state index in [2.05, 4.69) is 26.6 Å². The SMILES string of the molecule is COC(=O)[C@H](C)NC(=O)[C@H]1CO[C@H]2[C@H](O[C@@H]3OC(C)(C)O[C@@H]32)[C@H]1NC(=O)[C@H](C)NC(=O)[C@H]1CO[C@H]2[C@H](O[C@@H]3OC(C)(C)O[C@@H]32)[C@H]1NC(=O)[C@H](C)NC(=O)OC(C)(C)C. The molecule has 6 fully saturated rings. The van der Waals surface area contributed by atoms with Gasteiger partial charge in [0.25, 0.3) is 0 Å². The zero-order valence-electron chi connectivity index (χ0n) is 34.6. The molecule has 6 heterocycles. The van der Waals surface area contributed by atoms with E-state index in [0.29, 0.717) is 0 Å². The van der Waals surface area contributed by atoms with Gasteiger partial charge in [-0.3, -0.25) is 19.2 Å². The minimum Gasteiger partial charge on any atom is -0.467 e. The Balaban J connectivity index is 1.16. The number of rotatable bonds is 10. The Morgan fingerprint density at radius 2 is 1.02 bits per heavy atom. The number of fused-ring (bicyclic) bond motifs is 6. The van der Waals surface area contributed by atoms with Crippen molar-refractivity contribution < 1.29 is 76.1 Å². The number of esters is 1. The second-order valence-electron chi connectivity index (χ2n) is 17.4. The van der Waals surface area contributed by atoms with Crippen molar-refractivity contribution in [2.24, 2.45) is 11.8 Å². The normalized spacial score (nSPS) is 37.0. The second kappa shape index (κ2) is 16.4. The van der Waals surface area contributed by atoms with Crippen LogP contribution < -0.4 is 26.6 Å². The lowest BCUT2D eigenvalue weighted by molar-refractivity contribution is -0.233. The van der Waals surface area contributed by atoms with Crippen LogP contribution in [-0.4, -0.2) is 153 Å². The standard InChI is InChI=1S/C37H57N5O16/c1-14(27(43)41-20-18(30(46)39-16(3)31(47)49-11)13-51-24-22(20)53-33-26(24)55-37(9,10)57-33)38-29(45)17-12-50-23-21(52-32-25(23)54-36(7,8)56-32)19(17)42-28(44)15(2)40-34(48)58-35(4,5)6/h14-26,32-33H,12-13H2,1-11H3,(H,38,45)(H,39,46)(H,40,48)(H,41,43)(H,42,44)/t14-,15-,16-,17-,18-,19-,20-,21+,22+,23-,24-,25+,26+,32+,33+/m0/s1. The Labute approximate surface area is 336 Å². The molecule has 0 spiro atoms. The number of ether oxygens (including phenoxy) is 10. The minimum atomic E-state index is -1.20. The maximum Gasteiger partial charge on any atom is 0.408 e. The van der Waals surface area contributed by atoms with Crippen LogP contribution in [0.5, 0.6) is 0 Å². The van der Waals surface area contributed by atoms with Gasteiger partial charge in [0.1, 0.15) is 60.4 Å². The third-order valence-electron chi connectivity index (χ3n) is 10.6. The summed E-state index contributed by atoms with van der Waals surface area (Å²) in [6.07, 6.45) is -7.11. The summed E-state index contributed by atoms with van der Waals surface area (Å²) in [5.74, 6) is -7.33. The number of methoxy groups -OCH3 is 1. The summed E-state index contributed by atoms with van der Waals surface area (Å²) >= 11 is 0. The lowest BCUT2D eigenvalue weighted by Gasteiger charge is -2.41. The topological polar surface area (TPSA) is 255 Å². The Morgan fingerprint density at radius 1 is 0.603 bits per heavy atom. The van der Waals surface area contributed by atoms with Gasteiger partial charge >= 0.3 is 12.1 Å². The van der Waals surface area contributed by atoms with Crippen molar-refractivity contribution >= 4 is 35.7 Å². The Morgan fingerprint density at radius 3 is 1.43 bits per heavy atom. The monoisotopic (exact) mass is 827 g/mol. The summed E-state index contributed by atoms with van der Waals surface area (Å²) in [5, 5.41) is 13.5. The van der Waals surface area contributed by atoms with Gasteiger partial charge in [-0.2, -0.15) is 0 Å². The van der Waals surface area contributed by atoms with Gasteiger partial charge in [-0.05, 0) is 69.2 Å². The molecule has 5 amide bonds. The molecule has 6 aliphatic heterocycles. The van der Waals surface area contributed by atoms with Crippen molar-refractivity contribution in [3.05, 3.63) is 0 Å². The van der Waals surface area contributed by atoms with Crippen molar-refractivity contribution in [2.75, 3.05) is 20.3 Å². The molecule has 0 radical (unpaired) electrons. The van der Waals surface area contributed by atoms with Crippen molar-refractivity contribution in [3.63, 3.8) is 0 Å². The van der Waals surface area contributed by atoms with Crippen LogP contribution in [0.3, 0.4) is 0 Å². The van der Waals surface area contributed by atoms with E-state index in [4.69, 9.17) is 47.4 Å². The van der Waals surface area contributed by atoms with Crippen LogP contribution in [0.2, 0.25) is 0 Å². The van der Waals surface area contributed by atoms with Crippen molar-refractivity contribution in [1.82, 2.24) is 26.6 Å². The van der Waals surface area contributed by atoms with Crippen LogP contribution in [-0.2, 0) is 71.3 Å². The zero-order chi connectivity index (χ0) is 42.6. The number of hydrogen-bond acceptors (Lipinski definition) is 16. The first-order valence-electron chi connectivity index (χ1n) is 19.5. The molecule has 15 atom stereocenters. The quantitative estimate of drug-likeness (QED) is 0.163. The van der Waals surface area contributed by atoms with Crippen LogP contribution in [0.25, 0.3) is 0 Å². The fourth-order valence-electron chi connectivity index (χ4n) is 7.97. The number of alkyl carbamates (subject to hydrolysis) is 1. The van der Waals surface area contributed by atoms with Gasteiger partial charge in [0, 0.05) is 0 Å². The molecule has 6 saturated heterocycles. The Hall–Kier alpha value is -3.70. The summed E-state index contributed by atoms with van der Waals surface area (Å²) in [5.41, 5.74) is -0.810. The molecule has 0 bridgehead atoms. The lowest BCUT2D eigenvalue weighted by Crippen LogP contribution is -2.65. The van der Waals surface area contributed by atoms with Crippen LogP contribution in [0.1, 0.15) is 69.2 Å². The summed E-state index contributed by atoms with van der Waals surface area (Å²) in [6.45, 7) is 16.0. The summed E-state index contributed by atoms with van der Waals surface area (Å²) < 4.78 is 58.5. The van der Waals surface area contributed by atoms with E-state index in [1.165, 1.54) is 27.9 Å². The number of hydrogen-bond donors (Lipinski definition) is 5. The molecule has 0 unspecified atom stereocenters. The molecule has 6 aliphatic rings. The first-order chi connectivity index (χ1) is 27.0. The van der Waals surface area contributed by atoms with Crippen LogP contribution >= 0.6 is 0 Å². The highest BCUT2D eigenvalue weighted by atomic mass is 16.9. The van der Waals surface area contributed by atoms with Gasteiger partial charge in [-0.25, -0.2) is 9.59 Å². The predicted octanol–water partition coefficient (Wildman–Crippen LogP) is -1.17. The van der Waals surface area contributed by atoms with Gasteiger partial charge in [0.05, 0.1) is 44.2 Å². The van der Waals surface area contributed by atoms with Gasteiger partial charge in [-0.15, -0.1) is 0 Å². The second-order valence-corrected chi connectivity index (χ2v) is 17.4. The molecule has 21 nitrogen and oxygen atoms in total. The molecule has 0 aromatic carbocycles. The first-order valence-corrected chi connectivity index (χ1v) is 19.5. The highest BCUT2D eigenvalue weighted by molar-refractivity contribution is 5.91. The minimum absolute atomic E-state index is 0.167. The summed E-state index contributed by atoms with van der Waals surface area (Å²) in [6, 6.07) is -5.33. The van der Waals surface area contributed by atoms with Gasteiger partial charge in [-0.1, -0.05) is 0 Å². The average Bonchev–Trinajstić information content (AvgIpc) is 3.81. The molecule has 326 valence electrons. The highest BCUT2D eigenvalue weighted by Gasteiger charge is 2.62. The number of carbonyl (C=O) groups excluding carboxylic acids is 6. The van der Waals surface area contributed by atoms with E-state index in [0.717, 1.165) is 0 Å². The third-order valence-corrected chi connectivity index (χ3v) is 10.6. The maximum absolute atomic E-state index is 14.1. The summed E-state index contributed by atoms with van der Waals surface area (Å²) in [4.78, 5) is 79.7. The molecule has 0 aromatic rings. The zero-order valence-corrected chi connectivity index (χ0v) is 34.6. The van der Waals surface area contributed by atoms with Gasteiger partial charge < -0.3 is 74.0 Å². The number of amides is 5. The molecule has 58 heavy (non-hydrogen) atoms. The molecular weight excluding hydrogens is 770 g/mol. The van der Waals surface area contributed by atoms with Crippen LogP contribution in [0.15, 0.2) is 0 Å². The maximum atomic E-state index is 14.1. The first kappa shape index (κ1) is 43.9. The van der Waals surface area contributed by atoms with E-state index >= 15 is 0 Å². The Bertz CT molecular complexity index is 1620. The van der Waals surface area contributed by atoms with E-state index in [1.807, 2.05) is 0 Å². The van der Waals surface area contributed by atoms with E-state index in [1.54, 1.807) is 48.5 Å². The largest absolute Gasteiger partial charge is 0.467 e. The fraction of sp³-hybridized carbons (Fsp3) is 0.838. The van der Waals surface area contributed by atoms with E-state index in [9.17, 15) is 28.8 Å². The lowest BCUT2D eigenvalue weighted by atomic mass is 9.87. The predicted molar refractivity (Wildman–Crippen MR) is 194 cm³/mol.